The van der Waals surface area contributed by atoms with Crippen molar-refractivity contribution < 1.29 is 10.2 Å². The summed E-state index contributed by atoms with van der Waals surface area (Å²) in [6, 6.07) is 0. The molecule has 1 rings (SSSR count). The molecule has 0 aromatic rings. The predicted octanol–water partition coefficient (Wildman–Crippen LogP) is 2.25. The highest BCUT2D eigenvalue weighted by molar-refractivity contribution is 4.80. The van der Waals surface area contributed by atoms with Crippen LogP contribution in [0.3, 0.4) is 0 Å². The van der Waals surface area contributed by atoms with Crippen LogP contribution in [0.4, 0.5) is 0 Å². The standard InChI is InChI=1S/C12H22O2/c1-2-3-9-11(13)12(14)10-7-5-4-6-8-10/h2,10-14H,1,3-9H2. The van der Waals surface area contributed by atoms with Crippen molar-refractivity contribution in [1.29, 1.82) is 0 Å². The molecule has 0 amide bonds. The summed E-state index contributed by atoms with van der Waals surface area (Å²) in [7, 11) is 0. The number of aliphatic hydroxyl groups excluding tert-OH is 2. The molecular formula is C12H22O2. The first kappa shape index (κ1) is 11.7. The quantitative estimate of drug-likeness (QED) is 0.665. The van der Waals surface area contributed by atoms with Crippen LogP contribution in [0.1, 0.15) is 44.9 Å². The van der Waals surface area contributed by atoms with Crippen LogP contribution in [0.25, 0.3) is 0 Å². The topological polar surface area (TPSA) is 40.5 Å². The van der Waals surface area contributed by atoms with Crippen LogP contribution < -0.4 is 0 Å². The lowest BCUT2D eigenvalue weighted by atomic mass is 9.82. The molecule has 2 atom stereocenters. The first-order valence-electron chi connectivity index (χ1n) is 5.72. The van der Waals surface area contributed by atoms with Gasteiger partial charge in [-0.1, -0.05) is 25.3 Å². The van der Waals surface area contributed by atoms with Gasteiger partial charge in [-0.05, 0) is 31.6 Å². The smallest absolute Gasteiger partial charge is 0.0827 e. The number of hydrogen-bond acceptors (Lipinski definition) is 2. The third-order valence-electron chi connectivity index (χ3n) is 3.19. The Morgan fingerprint density at radius 3 is 2.43 bits per heavy atom. The van der Waals surface area contributed by atoms with Gasteiger partial charge in [0.1, 0.15) is 0 Å². The van der Waals surface area contributed by atoms with Crippen LogP contribution in [-0.2, 0) is 0 Å². The number of rotatable bonds is 5. The molecule has 0 spiro atoms. The summed E-state index contributed by atoms with van der Waals surface area (Å²) in [5.41, 5.74) is 0. The monoisotopic (exact) mass is 198 g/mol. The van der Waals surface area contributed by atoms with Crippen molar-refractivity contribution in [2.24, 2.45) is 5.92 Å². The third kappa shape index (κ3) is 3.43. The van der Waals surface area contributed by atoms with Crippen LogP contribution in [0.5, 0.6) is 0 Å². The van der Waals surface area contributed by atoms with E-state index in [1.54, 1.807) is 6.08 Å². The molecule has 1 aliphatic carbocycles. The number of hydrogen-bond donors (Lipinski definition) is 2. The van der Waals surface area contributed by atoms with E-state index in [4.69, 9.17) is 0 Å². The van der Waals surface area contributed by atoms with Gasteiger partial charge < -0.3 is 10.2 Å². The maximum atomic E-state index is 9.88. The predicted molar refractivity (Wildman–Crippen MR) is 58.0 cm³/mol. The van der Waals surface area contributed by atoms with Crippen molar-refractivity contribution in [3.8, 4) is 0 Å². The Morgan fingerprint density at radius 1 is 1.21 bits per heavy atom. The molecule has 2 nitrogen and oxygen atoms in total. The summed E-state index contributed by atoms with van der Waals surface area (Å²) in [6.45, 7) is 3.61. The number of allylic oxidation sites excluding steroid dienone is 1. The van der Waals surface area contributed by atoms with Gasteiger partial charge >= 0.3 is 0 Å². The molecule has 1 saturated carbocycles. The zero-order valence-corrected chi connectivity index (χ0v) is 8.86. The van der Waals surface area contributed by atoms with Gasteiger partial charge in [0.05, 0.1) is 12.2 Å². The minimum absolute atomic E-state index is 0.323. The molecule has 14 heavy (non-hydrogen) atoms. The maximum absolute atomic E-state index is 9.88. The second-order valence-corrected chi connectivity index (χ2v) is 4.32. The fraction of sp³-hybridized carbons (Fsp3) is 0.833. The van der Waals surface area contributed by atoms with E-state index in [2.05, 4.69) is 6.58 Å². The van der Waals surface area contributed by atoms with Gasteiger partial charge in [0, 0.05) is 0 Å². The highest BCUT2D eigenvalue weighted by Gasteiger charge is 2.26. The van der Waals surface area contributed by atoms with Crippen molar-refractivity contribution in [2.45, 2.75) is 57.2 Å². The summed E-state index contributed by atoms with van der Waals surface area (Å²) in [5, 5.41) is 19.6. The van der Waals surface area contributed by atoms with E-state index in [9.17, 15) is 10.2 Å². The normalized spacial score (nSPS) is 23.0. The minimum Gasteiger partial charge on any atom is -0.390 e. The Morgan fingerprint density at radius 2 is 1.86 bits per heavy atom. The lowest BCUT2D eigenvalue weighted by Crippen LogP contribution is -2.34. The van der Waals surface area contributed by atoms with E-state index in [1.165, 1.54) is 19.3 Å². The van der Waals surface area contributed by atoms with Gasteiger partial charge in [-0.25, -0.2) is 0 Å². The summed E-state index contributed by atoms with van der Waals surface area (Å²) in [4.78, 5) is 0. The first-order chi connectivity index (χ1) is 6.75. The molecule has 0 heterocycles. The zero-order valence-electron chi connectivity index (χ0n) is 8.86. The van der Waals surface area contributed by atoms with Crippen molar-refractivity contribution in [1.82, 2.24) is 0 Å². The SMILES string of the molecule is C=CCCC(O)C(O)C1CCCCC1. The molecule has 0 aromatic heterocycles. The fourth-order valence-electron chi connectivity index (χ4n) is 2.25. The average molecular weight is 198 g/mol. The lowest BCUT2D eigenvalue weighted by Gasteiger charge is -2.29. The molecule has 2 unspecified atom stereocenters. The summed E-state index contributed by atoms with van der Waals surface area (Å²) < 4.78 is 0. The molecule has 0 aliphatic heterocycles. The van der Waals surface area contributed by atoms with E-state index in [1.807, 2.05) is 0 Å². The maximum Gasteiger partial charge on any atom is 0.0827 e. The second-order valence-electron chi connectivity index (χ2n) is 4.32. The Labute approximate surface area is 86.6 Å². The molecule has 0 bridgehead atoms. The second kappa shape index (κ2) is 6.20. The molecule has 82 valence electrons. The largest absolute Gasteiger partial charge is 0.390 e. The van der Waals surface area contributed by atoms with Gasteiger partial charge in [-0.15, -0.1) is 6.58 Å². The van der Waals surface area contributed by atoms with E-state index >= 15 is 0 Å². The Balaban J connectivity index is 2.29. The highest BCUT2D eigenvalue weighted by atomic mass is 16.3. The zero-order chi connectivity index (χ0) is 10.4. The van der Waals surface area contributed by atoms with E-state index < -0.39 is 12.2 Å². The molecule has 0 aromatic carbocycles. The van der Waals surface area contributed by atoms with Gasteiger partial charge in [-0.2, -0.15) is 0 Å². The van der Waals surface area contributed by atoms with Crippen LogP contribution >= 0.6 is 0 Å². The van der Waals surface area contributed by atoms with Crippen LogP contribution in [0.15, 0.2) is 12.7 Å². The van der Waals surface area contributed by atoms with E-state index in [0.29, 0.717) is 12.3 Å². The Hall–Kier alpha value is -0.340. The summed E-state index contributed by atoms with van der Waals surface area (Å²) >= 11 is 0. The van der Waals surface area contributed by atoms with E-state index in [0.717, 1.165) is 19.3 Å². The number of aliphatic hydroxyl groups is 2. The Bertz CT molecular complexity index is 162. The lowest BCUT2D eigenvalue weighted by molar-refractivity contribution is -0.0299. The van der Waals surface area contributed by atoms with Crippen LogP contribution in [0.2, 0.25) is 0 Å². The molecule has 2 heteroatoms. The Kier molecular flexibility index (Phi) is 5.20. The van der Waals surface area contributed by atoms with Crippen molar-refractivity contribution in [3.63, 3.8) is 0 Å². The van der Waals surface area contributed by atoms with Gasteiger partial charge in [-0.3, -0.25) is 0 Å². The van der Waals surface area contributed by atoms with Crippen LogP contribution in [-0.4, -0.2) is 22.4 Å². The molecule has 1 fully saturated rings. The third-order valence-corrected chi connectivity index (χ3v) is 3.19. The van der Waals surface area contributed by atoms with Crippen LogP contribution in [0, 0.1) is 5.92 Å². The molecule has 2 N–H and O–H groups in total. The summed E-state index contributed by atoms with van der Waals surface area (Å²) in [6.07, 6.45) is 7.98. The molecule has 1 aliphatic rings. The average Bonchev–Trinajstić information content (AvgIpc) is 2.26. The minimum atomic E-state index is -0.559. The van der Waals surface area contributed by atoms with Gasteiger partial charge in [0.2, 0.25) is 0 Å². The van der Waals surface area contributed by atoms with Crippen molar-refractivity contribution in [2.75, 3.05) is 0 Å². The van der Waals surface area contributed by atoms with Crippen molar-refractivity contribution >= 4 is 0 Å². The highest BCUT2D eigenvalue weighted by Crippen LogP contribution is 2.28. The molecule has 0 radical (unpaired) electrons. The van der Waals surface area contributed by atoms with Gasteiger partial charge in [0.25, 0.3) is 0 Å². The fourth-order valence-corrected chi connectivity index (χ4v) is 2.25. The molecular weight excluding hydrogens is 176 g/mol. The van der Waals surface area contributed by atoms with Gasteiger partial charge in [0.15, 0.2) is 0 Å². The van der Waals surface area contributed by atoms with Crippen molar-refractivity contribution in [3.05, 3.63) is 12.7 Å². The first-order valence-corrected chi connectivity index (χ1v) is 5.72. The van der Waals surface area contributed by atoms with E-state index in [-0.39, 0.29) is 0 Å². The molecule has 0 saturated heterocycles. The summed E-state index contributed by atoms with van der Waals surface area (Å²) in [5.74, 6) is 0.323.